The molecule has 1 saturated heterocycles. The number of para-hydroxylation sites is 2. The van der Waals surface area contributed by atoms with E-state index >= 15 is 0 Å². The Morgan fingerprint density at radius 1 is 1.22 bits per heavy atom. The third-order valence-corrected chi connectivity index (χ3v) is 4.15. The summed E-state index contributed by atoms with van der Waals surface area (Å²) >= 11 is 0. The van der Waals surface area contributed by atoms with E-state index < -0.39 is 0 Å². The van der Waals surface area contributed by atoms with E-state index in [0.717, 1.165) is 37.0 Å². The van der Waals surface area contributed by atoms with Crippen molar-refractivity contribution in [2.75, 3.05) is 37.0 Å². The van der Waals surface area contributed by atoms with E-state index in [1.165, 1.54) is 0 Å². The topological polar surface area (TPSA) is 71.4 Å². The van der Waals surface area contributed by atoms with Crippen LogP contribution in [0.5, 0.6) is 0 Å². The molecule has 0 spiro atoms. The van der Waals surface area contributed by atoms with E-state index in [2.05, 4.69) is 20.0 Å². The predicted octanol–water partition coefficient (Wildman–Crippen LogP) is 2.66. The maximum atomic E-state index is 5.88. The summed E-state index contributed by atoms with van der Waals surface area (Å²) in [6, 6.07) is 8.50. The van der Waals surface area contributed by atoms with Crippen LogP contribution in [-0.4, -0.2) is 42.3 Å². The lowest BCUT2D eigenvalue weighted by atomic mass is 9.98. The van der Waals surface area contributed by atoms with E-state index in [1.807, 2.05) is 43.3 Å². The van der Waals surface area contributed by atoms with Crippen molar-refractivity contribution in [3.8, 4) is 0 Å². The number of hydrogen-bond acceptors (Lipinski definition) is 7. The highest BCUT2D eigenvalue weighted by molar-refractivity contribution is 5.74. The number of piperidine rings is 1. The van der Waals surface area contributed by atoms with Crippen molar-refractivity contribution >= 4 is 23.1 Å². The maximum absolute atomic E-state index is 5.88. The molecule has 7 heteroatoms. The fraction of sp³-hybridized carbons (Fsp3) is 0.438. The van der Waals surface area contributed by atoms with Gasteiger partial charge in [0.1, 0.15) is 5.52 Å². The first-order valence-electron chi connectivity index (χ1n) is 7.82. The van der Waals surface area contributed by atoms with Gasteiger partial charge in [0, 0.05) is 27.2 Å². The van der Waals surface area contributed by atoms with Gasteiger partial charge in [-0.2, -0.15) is 9.97 Å². The highest BCUT2D eigenvalue weighted by atomic mass is 16.5. The lowest BCUT2D eigenvalue weighted by Crippen LogP contribution is -2.34. The summed E-state index contributed by atoms with van der Waals surface area (Å²) in [5, 5.41) is 4.01. The Labute approximate surface area is 133 Å². The van der Waals surface area contributed by atoms with Crippen molar-refractivity contribution in [3.05, 3.63) is 30.2 Å². The molecule has 23 heavy (non-hydrogen) atoms. The number of oxazole rings is 1. The van der Waals surface area contributed by atoms with Gasteiger partial charge in [-0.3, -0.25) is 0 Å². The van der Waals surface area contributed by atoms with Gasteiger partial charge in [-0.25, -0.2) is 0 Å². The minimum Gasteiger partial charge on any atom is -0.423 e. The number of nitrogens with zero attached hydrogens (tertiary/aromatic N) is 5. The molecule has 2 aromatic heterocycles. The van der Waals surface area contributed by atoms with Crippen molar-refractivity contribution in [3.63, 3.8) is 0 Å². The first kappa shape index (κ1) is 14.0. The predicted molar refractivity (Wildman–Crippen MR) is 86.8 cm³/mol. The number of benzene rings is 1. The summed E-state index contributed by atoms with van der Waals surface area (Å²) in [5.74, 6) is 1.51. The fourth-order valence-electron chi connectivity index (χ4n) is 2.92. The van der Waals surface area contributed by atoms with E-state index in [4.69, 9.17) is 8.94 Å². The molecule has 7 nitrogen and oxygen atoms in total. The summed E-state index contributed by atoms with van der Waals surface area (Å²) in [6.45, 7) is 1.71. The molecule has 0 aliphatic carbocycles. The molecule has 1 atom stereocenters. The van der Waals surface area contributed by atoms with Gasteiger partial charge >= 0.3 is 0 Å². The number of hydrogen-bond donors (Lipinski definition) is 0. The van der Waals surface area contributed by atoms with Crippen LogP contribution in [0.2, 0.25) is 0 Å². The van der Waals surface area contributed by atoms with Gasteiger partial charge in [0.05, 0.1) is 5.92 Å². The summed E-state index contributed by atoms with van der Waals surface area (Å²) in [5.41, 5.74) is 1.70. The average Bonchev–Trinajstić information content (AvgIpc) is 3.22. The molecule has 120 valence electrons. The molecule has 0 bridgehead atoms. The van der Waals surface area contributed by atoms with Crippen LogP contribution < -0.4 is 9.80 Å². The lowest BCUT2D eigenvalue weighted by Gasteiger charge is -2.29. The molecular weight excluding hydrogens is 294 g/mol. The molecular formula is C16H19N5O2. The van der Waals surface area contributed by atoms with Gasteiger partial charge in [-0.1, -0.05) is 12.1 Å². The Morgan fingerprint density at radius 3 is 2.87 bits per heavy atom. The van der Waals surface area contributed by atoms with Gasteiger partial charge in [-0.15, -0.1) is 0 Å². The SMILES string of the molecule is CN(C)c1noc([C@H]2CCCN(c3nc4ccccc4o3)C2)n1. The van der Waals surface area contributed by atoms with Crippen molar-refractivity contribution in [2.24, 2.45) is 0 Å². The second-order valence-electron chi connectivity index (χ2n) is 6.08. The Bertz CT molecular complexity index is 777. The molecule has 1 aliphatic rings. The quantitative estimate of drug-likeness (QED) is 0.736. The highest BCUT2D eigenvalue weighted by Crippen LogP contribution is 2.31. The zero-order valence-corrected chi connectivity index (χ0v) is 13.3. The molecule has 4 rings (SSSR count). The van der Waals surface area contributed by atoms with E-state index in [9.17, 15) is 0 Å². The molecule has 1 fully saturated rings. The molecule has 0 saturated carbocycles. The second-order valence-corrected chi connectivity index (χ2v) is 6.08. The Kier molecular flexibility index (Phi) is 3.40. The standard InChI is InChI=1S/C16H19N5O2/c1-20(2)15-18-14(23-19-15)11-6-5-9-21(10-11)16-17-12-7-3-4-8-13(12)22-16/h3-4,7-8,11H,5-6,9-10H2,1-2H3/t11-/m0/s1. The first-order valence-corrected chi connectivity index (χ1v) is 7.82. The van der Waals surface area contributed by atoms with E-state index in [1.54, 1.807) is 0 Å². The Balaban J connectivity index is 1.56. The van der Waals surface area contributed by atoms with Crippen molar-refractivity contribution in [1.29, 1.82) is 0 Å². The third kappa shape index (κ3) is 2.62. The fourth-order valence-corrected chi connectivity index (χ4v) is 2.92. The van der Waals surface area contributed by atoms with Crippen LogP contribution in [-0.2, 0) is 0 Å². The van der Waals surface area contributed by atoms with Crippen molar-refractivity contribution in [1.82, 2.24) is 15.1 Å². The van der Waals surface area contributed by atoms with Gasteiger partial charge < -0.3 is 18.7 Å². The van der Waals surface area contributed by atoms with Crippen LogP contribution in [0.1, 0.15) is 24.7 Å². The zero-order chi connectivity index (χ0) is 15.8. The Hall–Kier alpha value is -2.57. The minimum atomic E-state index is 0.208. The largest absolute Gasteiger partial charge is 0.423 e. The molecule has 0 radical (unpaired) electrons. The van der Waals surface area contributed by atoms with Gasteiger partial charge in [0.2, 0.25) is 5.89 Å². The minimum absolute atomic E-state index is 0.208. The van der Waals surface area contributed by atoms with Crippen molar-refractivity contribution < 1.29 is 8.94 Å². The molecule has 1 aliphatic heterocycles. The van der Waals surface area contributed by atoms with Crippen molar-refractivity contribution in [2.45, 2.75) is 18.8 Å². The Morgan fingerprint density at radius 2 is 2.09 bits per heavy atom. The molecule has 1 aromatic carbocycles. The summed E-state index contributed by atoms with van der Waals surface area (Å²) in [7, 11) is 3.81. The molecule has 0 amide bonds. The van der Waals surface area contributed by atoms with Crippen LogP contribution in [0.25, 0.3) is 11.1 Å². The molecule has 3 heterocycles. The van der Waals surface area contributed by atoms with Crippen LogP contribution in [0, 0.1) is 0 Å². The lowest BCUT2D eigenvalue weighted by molar-refractivity contribution is 0.329. The second kappa shape index (κ2) is 5.57. The third-order valence-electron chi connectivity index (χ3n) is 4.15. The average molecular weight is 313 g/mol. The van der Waals surface area contributed by atoms with Gasteiger partial charge in [0.15, 0.2) is 5.58 Å². The van der Waals surface area contributed by atoms with Crippen LogP contribution >= 0.6 is 0 Å². The summed E-state index contributed by atoms with van der Waals surface area (Å²) < 4.78 is 11.3. The maximum Gasteiger partial charge on any atom is 0.298 e. The molecule has 0 unspecified atom stereocenters. The van der Waals surface area contributed by atoms with Crippen LogP contribution in [0.3, 0.4) is 0 Å². The molecule has 3 aromatic rings. The van der Waals surface area contributed by atoms with E-state index in [0.29, 0.717) is 17.9 Å². The number of fused-ring (bicyclic) bond motifs is 1. The van der Waals surface area contributed by atoms with Gasteiger partial charge in [-0.05, 0) is 30.1 Å². The van der Waals surface area contributed by atoms with Gasteiger partial charge in [0.25, 0.3) is 12.0 Å². The normalized spacial score (nSPS) is 18.5. The number of aromatic nitrogens is 3. The van der Waals surface area contributed by atoms with Crippen LogP contribution in [0.4, 0.5) is 12.0 Å². The van der Waals surface area contributed by atoms with Crippen LogP contribution in [0.15, 0.2) is 33.2 Å². The number of anilines is 2. The monoisotopic (exact) mass is 313 g/mol. The summed E-state index contributed by atoms with van der Waals surface area (Å²) in [4.78, 5) is 13.1. The number of rotatable bonds is 3. The van der Waals surface area contributed by atoms with E-state index in [-0.39, 0.29) is 5.92 Å². The zero-order valence-electron chi connectivity index (χ0n) is 13.3. The molecule has 0 N–H and O–H groups in total. The highest BCUT2D eigenvalue weighted by Gasteiger charge is 2.28. The summed E-state index contributed by atoms with van der Waals surface area (Å²) in [6.07, 6.45) is 2.08. The first-order chi connectivity index (χ1) is 11.2. The smallest absolute Gasteiger partial charge is 0.298 e.